The highest BCUT2D eigenvalue weighted by atomic mass is 32.2. The van der Waals surface area contributed by atoms with Crippen LogP contribution in [0.2, 0.25) is 0 Å². The average Bonchev–Trinajstić information content (AvgIpc) is 2.70. The molecule has 1 aromatic carbocycles. The number of rotatable bonds is 3. The topological polar surface area (TPSA) is 21.3 Å². The van der Waals surface area contributed by atoms with Crippen LogP contribution in [0.1, 0.15) is 37.8 Å². The summed E-state index contributed by atoms with van der Waals surface area (Å²) in [6, 6.07) is 7.34. The molecule has 1 N–H and O–H groups in total. The van der Waals surface area contributed by atoms with Gasteiger partial charge in [0.05, 0.1) is 0 Å². The quantitative estimate of drug-likeness (QED) is 0.915. The lowest BCUT2D eigenvalue weighted by Crippen LogP contribution is -2.33. The molecule has 3 heteroatoms. The minimum atomic E-state index is -0.0333. The van der Waals surface area contributed by atoms with Crippen molar-refractivity contribution in [3.8, 4) is 5.75 Å². The Hall–Kier alpha value is -0.670. The third-order valence-electron chi connectivity index (χ3n) is 3.88. The van der Waals surface area contributed by atoms with Gasteiger partial charge in [0, 0.05) is 24.8 Å². The maximum atomic E-state index is 5.92. The zero-order chi connectivity index (χ0) is 13.3. The number of ether oxygens (including phenoxy) is 1. The summed E-state index contributed by atoms with van der Waals surface area (Å²) in [7, 11) is 0. The predicted octanol–water partition coefficient (Wildman–Crippen LogP) is 3.39. The van der Waals surface area contributed by atoms with Gasteiger partial charge >= 0.3 is 0 Å². The van der Waals surface area contributed by atoms with Gasteiger partial charge in [-0.05, 0) is 49.6 Å². The van der Waals surface area contributed by atoms with Crippen LogP contribution in [-0.2, 0) is 13.0 Å². The van der Waals surface area contributed by atoms with Gasteiger partial charge in [-0.1, -0.05) is 12.1 Å². The van der Waals surface area contributed by atoms with Gasteiger partial charge in [0.25, 0.3) is 0 Å². The molecule has 0 bridgehead atoms. The van der Waals surface area contributed by atoms with Gasteiger partial charge in [-0.15, -0.1) is 0 Å². The van der Waals surface area contributed by atoms with Crippen LogP contribution < -0.4 is 10.1 Å². The maximum absolute atomic E-state index is 5.92. The van der Waals surface area contributed by atoms with Crippen LogP contribution >= 0.6 is 11.8 Å². The summed E-state index contributed by atoms with van der Waals surface area (Å²) in [6.45, 7) is 5.30. The van der Waals surface area contributed by atoms with Crippen molar-refractivity contribution >= 4 is 11.8 Å². The molecule has 2 aliphatic rings. The number of thioether (sulfide) groups is 1. The van der Waals surface area contributed by atoms with E-state index >= 15 is 0 Å². The zero-order valence-electron chi connectivity index (χ0n) is 11.9. The minimum absolute atomic E-state index is 0.0333. The van der Waals surface area contributed by atoms with Crippen LogP contribution in [0, 0.1) is 0 Å². The molecule has 2 aliphatic heterocycles. The predicted molar refractivity (Wildman–Crippen MR) is 82.0 cm³/mol. The van der Waals surface area contributed by atoms with Gasteiger partial charge in [-0.2, -0.15) is 11.8 Å². The highest BCUT2D eigenvalue weighted by molar-refractivity contribution is 7.99. The summed E-state index contributed by atoms with van der Waals surface area (Å²) in [5.41, 5.74) is 2.71. The second-order valence-corrected chi connectivity index (χ2v) is 7.43. The molecule has 0 saturated carbocycles. The van der Waals surface area contributed by atoms with Gasteiger partial charge in [0.1, 0.15) is 11.4 Å². The lowest BCUT2D eigenvalue weighted by molar-refractivity contribution is 0.138. The number of nitrogens with one attached hydrogen (secondary N) is 1. The van der Waals surface area contributed by atoms with E-state index in [1.54, 1.807) is 0 Å². The Kier molecular flexibility index (Phi) is 3.77. The van der Waals surface area contributed by atoms with E-state index in [0.29, 0.717) is 6.04 Å². The smallest absolute Gasteiger partial charge is 0.123 e. The molecular formula is C16H23NOS. The third kappa shape index (κ3) is 3.26. The number of fused-ring (bicyclic) bond motifs is 1. The fraction of sp³-hybridized carbons (Fsp3) is 0.625. The van der Waals surface area contributed by atoms with Gasteiger partial charge in [-0.3, -0.25) is 0 Å². The first-order valence-electron chi connectivity index (χ1n) is 7.24. The summed E-state index contributed by atoms with van der Waals surface area (Å²) < 4.78 is 5.92. The van der Waals surface area contributed by atoms with Gasteiger partial charge in [-0.25, -0.2) is 0 Å². The van der Waals surface area contributed by atoms with E-state index < -0.39 is 0 Å². The van der Waals surface area contributed by atoms with E-state index in [-0.39, 0.29) is 5.60 Å². The molecule has 1 unspecified atom stereocenters. The Balaban J connectivity index is 1.60. The van der Waals surface area contributed by atoms with Crippen molar-refractivity contribution in [1.29, 1.82) is 0 Å². The SMILES string of the molecule is CC1(C)Cc2cc(CNC3CCCSC3)ccc2O1. The zero-order valence-corrected chi connectivity index (χ0v) is 12.7. The number of benzene rings is 1. The van der Waals surface area contributed by atoms with Gasteiger partial charge in [0.15, 0.2) is 0 Å². The van der Waals surface area contributed by atoms with Crippen molar-refractivity contribution in [2.24, 2.45) is 0 Å². The Labute approximate surface area is 120 Å². The second kappa shape index (κ2) is 5.37. The molecule has 2 nitrogen and oxygen atoms in total. The van der Waals surface area contributed by atoms with Crippen molar-refractivity contribution in [2.45, 2.75) is 51.3 Å². The van der Waals surface area contributed by atoms with E-state index in [4.69, 9.17) is 4.74 Å². The molecule has 0 spiro atoms. The molecular weight excluding hydrogens is 254 g/mol. The summed E-state index contributed by atoms with van der Waals surface area (Å²) >= 11 is 2.08. The lowest BCUT2D eigenvalue weighted by Gasteiger charge is -2.22. The van der Waals surface area contributed by atoms with Crippen LogP contribution in [0.5, 0.6) is 5.75 Å². The molecule has 1 atom stereocenters. The molecule has 104 valence electrons. The molecule has 19 heavy (non-hydrogen) atoms. The summed E-state index contributed by atoms with van der Waals surface area (Å²) in [5.74, 6) is 3.67. The summed E-state index contributed by atoms with van der Waals surface area (Å²) in [4.78, 5) is 0. The average molecular weight is 277 g/mol. The third-order valence-corrected chi connectivity index (χ3v) is 5.10. The van der Waals surface area contributed by atoms with Crippen molar-refractivity contribution in [3.05, 3.63) is 29.3 Å². The van der Waals surface area contributed by atoms with E-state index in [1.165, 1.54) is 35.5 Å². The van der Waals surface area contributed by atoms with Crippen LogP contribution in [0.4, 0.5) is 0 Å². The Bertz CT molecular complexity index is 452. The van der Waals surface area contributed by atoms with Gasteiger partial charge in [0.2, 0.25) is 0 Å². The summed E-state index contributed by atoms with van der Waals surface area (Å²) in [6.07, 6.45) is 3.71. The molecule has 1 saturated heterocycles. The first kappa shape index (κ1) is 13.3. The molecule has 0 aliphatic carbocycles. The van der Waals surface area contributed by atoms with Crippen molar-refractivity contribution in [3.63, 3.8) is 0 Å². The van der Waals surface area contributed by atoms with Crippen molar-refractivity contribution in [1.82, 2.24) is 5.32 Å². The van der Waals surface area contributed by atoms with Crippen LogP contribution in [0.25, 0.3) is 0 Å². The summed E-state index contributed by atoms with van der Waals surface area (Å²) in [5, 5.41) is 3.69. The number of hydrogen-bond donors (Lipinski definition) is 1. The maximum Gasteiger partial charge on any atom is 0.123 e. The molecule has 1 fully saturated rings. The highest BCUT2D eigenvalue weighted by Crippen LogP contribution is 2.35. The van der Waals surface area contributed by atoms with Crippen molar-refractivity contribution in [2.75, 3.05) is 11.5 Å². The first-order chi connectivity index (χ1) is 9.12. The molecule has 0 amide bonds. The van der Waals surface area contributed by atoms with Crippen LogP contribution in [0.3, 0.4) is 0 Å². The van der Waals surface area contributed by atoms with Crippen LogP contribution in [-0.4, -0.2) is 23.1 Å². The standard InChI is InChI=1S/C16H23NOS/c1-16(2)9-13-8-12(5-6-15(13)18-16)10-17-14-4-3-7-19-11-14/h5-6,8,14,17H,3-4,7,9-11H2,1-2H3. The fourth-order valence-electron chi connectivity index (χ4n) is 2.94. The molecule has 0 radical (unpaired) electrons. The first-order valence-corrected chi connectivity index (χ1v) is 8.40. The highest BCUT2D eigenvalue weighted by Gasteiger charge is 2.29. The Morgan fingerprint density at radius 3 is 3.11 bits per heavy atom. The van der Waals surface area contributed by atoms with E-state index in [9.17, 15) is 0 Å². The second-order valence-electron chi connectivity index (χ2n) is 6.28. The largest absolute Gasteiger partial charge is 0.487 e. The monoisotopic (exact) mass is 277 g/mol. The minimum Gasteiger partial charge on any atom is -0.487 e. The van der Waals surface area contributed by atoms with Gasteiger partial charge < -0.3 is 10.1 Å². The van der Waals surface area contributed by atoms with E-state index in [1.807, 2.05) is 0 Å². The van der Waals surface area contributed by atoms with E-state index in [0.717, 1.165) is 18.7 Å². The van der Waals surface area contributed by atoms with Crippen LogP contribution in [0.15, 0.2) is 18.2 Å². The Morgan fingerprint density at radius 1 is 1.42 bits per heavy atom. The molecule has 2 heterocycles. The van der Waals surface area contributed by atoms with E-state index in [2.05, 4.69) is 49.1 Å². The molecule has 0 aromatic heterocycles. The normalized spacial score (nSPS) is 24.8. The van der Waals surface area contributed by atoms with Crippen molar-refractivity contribution < 1.29 is 4.74 Å². The molecule has 1 aromatic rings. The molecule has 3 rings (SSSR count). The lowest BCUT2D eigenvalue weighted by atomic mass is 10.00. The number of hydrogen-bond acceptors (Lipinski definition) is 3. The fourth-order valence-corrected chi connectivity index (χ4v) is 4.04. The Morgan fingerprint density at radius 2 is 2.32 bits per heavy atom.